The van der Waals surface area contributed by atoms with Crippen molar-refractivity contribution >= 4 is 37.5 Å². The van der Waals surface area contributed by atoms with E-state index in [1.54, 1.807) is 31.4 Å². The van der Waals surface area contributed by atoms with Gasteiger partial charge in [0.1, 0.15) is 31.4 Å². The third kappa shape index (κ3) is 8.01. The maximum absolute atomic E-state index is 9.97. The van der Waals surface area contributed by atoms with Crippen molar-refractivity contribution < 1.29 is 10.2 Å². The van der Waals surface area contributed by atoms with Crippen LogP contribution in [0.2, 0.25) is 0 Å². The minimum Gasteiger partial charge on any atom is -0.408 e. The molecule has 0 atom stereocenters. The van der Waals surface area contributed by atoms with E-state index in [-0.39, 0.29) is 5.92 Å². The fourth-order valence-corrected chi connectivity index (χ4v) is 2.30. The van der Waals surface area contributed by atoms with Gasteiger partial charge in [0.25, 0.3) is 0 Å². The molecule has 2 N–H and O–H groups in total. The molecule has 0 spiro atoms. The van der Waals surface area contributed by atoms with Crippen LogP contribution < -0.4 is 0 Å². The molecular formula is C13H22B4O2. The Labute approximate surface area is 119 Å². The monoisotopic (exact) mass is 254 g/mol. The molecular weight excluding hydrogens is 231 g/mol. The summed E-state index contributed by atoms with van der Waals surface area (Å²) in [5.41, 5.74) is 1.14. The Bertz CT molecular complexity index is 391. The summed E-state index contributed by atoms with van der Waals surface area (Å²) in [6.45, 7) is 0. The highest BCUT2D eigenvalue weighted by Crippen LogP contribution is 2.22. The third-order valence-corrected chi connectivity index (χ3v) is 2.88. The smallest absolute Gasteiger partial charge is 0.131 e. The largest absolute Gasteiger partial charge is 0.408 e. The summed E-state index contributed by atoms with van der Waals surface area (Å²) < 4.78 is 0. The van der Waals surface area contributed by atoms with Gasteiger partial charge in [-0.1, -0.05) is 42.5 Å². The summed E-state index contributed by atoms with van der Waals surface area (Å²) in [6, 6.07) is 10.1. The Kier molecular flexibility index (Phi) is 5.57. The molecule has 0 aliphatic rings. The topological polar surface area (TPSA) is 40.5 Å². The first kappa shape index (κ1) is 16.2. The fourth-order valence-electron chi connectivity index (χ4n) is 2.30. The van der Waals surface area contributed by atoms with Crippen molar-refractivity contribution in [2.45, 2.75) is 23.6 Å². The Balaban J connectivity index is 2.76. The Morgan fingerprint density at radius 2 is 1.42 bits per heavy atom. The van der Waals surface area contributed by atoms with Crippen molar-refractivity contribution in [3.05, 3.63) is 42.0 Å². The SMILES string of the molecule is BC(B)(O)CC(/C=C/c1ccccc1)CC(B)(B)O. The molecule has 19 heavy (non-hydrogen) atoms. The van der Waals surface area contributed by atoms with Gasteiger partial charge in [-0.15, -0.1) is 0 Å². The number of rotatable bonds is 6. The minimum absolute atomic E-state index is 0.153. The molecule has 0 unspecified atom stereocenters. The van der Waals surface area contributed by atoms with Crippen LogP contribution in [0.3, 0.4) is 0 Å². The average Bonchev–Trinajstić information content (AvgIpc) is 2.23. The second-order valence-electron chi connectivity index (χ2n) is 6.56. The molecule has 0 fully saturated rings. The van der Waals surface area contributed by atoms with E-state index in [1.807, 2.05) is 30.3 Å². The van der Waals surface area contributed by atoms with Gasteiger partial charge in [-0.05, 0) is 24.3 Å². The zero-order valence-electron chi connectivity index (χ0n) is 12.4. The summed E-state index contributed by atoms with van der Waals surface area (Å²) in [5.74, 6) is 0.153. The van der Waals surface area contributed by atoms with Crippen molar-refractivity contribution in [3.63, 3.8) is 0 Å². The van der Waals surface area contributed by atoms with Crippen LogP contribution in [0.15, 0.2) is 36.4 Å². The molecule has 0 heterocycles. The molecule has 6 heteroatoms. The van der Waals surface area contributed by atoms with Gasteiger partial charge < -0.3 is 10.2 Å². The second-order valence-corrected chi connectivity index (χ2v) is 6.56. The maximum atomic E-state index is 9.97. The molecule has 0 saturated carbocycles. The highest BCUT2D eigenvalue weighted by molar-refractivity contribution is 6.39. The van der Waals surface area contributed by atoms with Crippen LogP contribution in [0, 0.1) is 5.92 Å². The van der Waals surface area contributed by atoms with Gasteiger partial charge in [-0.25, -0.2) is 0 Å². The quantitative estimate of drug-likeness (QED) is 0.572. The van der Waals surface area contributed by atoms with Crippen LogP contribution in [0.1, 0.15) is 18.4 Å². The van der Waals surface area contributed by atoms with E-state index in [4.69, 9.17) is 0 Å². The van der Waals surface area contributed by atoms with Gasteiger partial charge in [0, 0.05) is 10.8 Å². The Morgan fingerprint density at radius 3 is 1.84 bits per heavy atom. The van der Waals surface area contributed by atoms with Crippen LogP contribution in [0.25, 0.3) is 6.08 Å². The predicted molar refractivity (Wildman–Crippen MR) is 92.3 cm³/mol. The van der Waals surface area contributed by atoms with Gasteiger partial charge in [-0.2, -0.15) is 0 Å². The van der Waals surface area contributed by atoms with E-state index in [0.29, 0.717) is 12.8 Å². The lowest BCUT2D eigenvalue weighted by atomic mass is 9.56. The van der Waals surface area contributed by atoms with E-state index in [9.17, 15) is 10.2 Å². The summed E-state index contributed by atoms with van der Waals surface area (Å²) in [7, 11) is 7.23. The molecule has 0 bridgehead atoms. The molecule has 0 aliphatic carbocycles. The number of benzene rings is 1. The minimum atomic E-state index is -0.725. The molecule has 1 aromatic rings. The number of hydrogen-bond donors (Lipinski definition) is 2. The lowest BCUT2D eigenvalue weighted by Gasteiger charge is -2.28. The molecule has 0 radical (unpaired) electrons. The molecule has 0 amide bonds. The first-order valence-corrected chi connectivity index (χ1v) is 6.84. The summed E-state index contributed by atoms with van der Waals surface area (Å²) in [6.07, 6.45) is 5.42. The number of allylic oxidation sites excluding steroid dienone is 1. The predicted octanol–water partition coefficient (Wildman–Crippen LogP) is -2.08. The second kappa shape index (κ2) is 6.53. The molecule has 0 aromatic heterocycles. The summed E-state index contributed by atoms with van der Waals surface area (Å²) in [5, 5.41) is 18.5. The molecule has 1 rings (SSSR count). The highest BCUT2D eigenvalue weighted by Gasteiger charge is 2.24. The van der Waals surface area contributed by atoms with E-state index in [0.717, 1.165) is 5.56 Å². The van der Waals surface area contributed by atoms with Crippen LogP contribution in [0.5, 0.6) is 0 Å². The zero-order valence-corrected chi connectivity index (χ0v) is 12.4. The zero-order chi connectivity index (χ0) is 14.5. The van der Waals surface area contributed by atoms with Crippen LogP contribution in [0.4, 0.5) is 0 Å². The Morgan fingerprint density at radius 1 is 0.947 bits per heavy atom. The van der Waals surface area contributed by atoms with E-state index < -0.39 is 10.8 Å². The standard InChI is InChI=1S/C13H22B4O2/c14-12(15,18)8-11(9-13(16,17)19)7-6-10-4-2-1-3-5-10/h1-7,11,18-19H,8-9,14-17H2/b7-6+. The first-order chi connectivity index (χ1) is 8.66. The lowest BCUT2D eigenvalue weighted by Crippen LogP contribution is -2.37. The van der Waals surface area contributed by atoms with E-state index in [2.05, 4.69) is 12.2 Å². The number of hydrogen-bond acceptors (Lipinski definition) is 2. The Hall–Kier alpha value is -0.860. The van der Waals surface area contributed by atoms with Crippen molar-refractivity contribution in [2.24, 2.45) is 5.92 Å². The van der Waals surface area contributed by atoms with Gasteiger partial charge in [0.05, 0.1) is 0 Å². The van der Waals surface area contributed by atoms with Crippen molar-refractivity contribution in [3.8, 4) is 0 Å². The summed E-state index contributed by atoms with van der Waals surface area (Å²) in [4.78, 5) is 0. The van der Waals surface area contributed by atoms with Crippen LogP contribution in [-0.4, -0.2) is 52.4 Å². The molecule has 2 nitrogen and oxygen atoms in total. The van der Waals surface area contributed by atoms with Gasteiger partial charge in [0.15, 0.2) is 0 Å². The van der Waals surface area contributed by atoms with Gasteiger partial charge >= 0.3 is 0 Å². The molecule has 0 saturated heterocycles. The van der Waals surface area contributed by atoms with E-state index >= 15 is 0 Å². The van der Waals surface area contributed by atoms with Gasteiger partial charge in [-0.3, -0.25) is 0 Å². The molecule has 0 aliphatic heterocycles. The normalized spacial score (nSPS) is 13.2. The highest BCUT2D eigenvalue weighted by atomic mass is 16.3. The molecule has 98 valence electrons. The van der Waals surface area contributed by atoms with Crippen molar-refractivity contribution in [1.82, 2.24) is 0 Å². The average molecular weight is 254 g/mol. The van der Waals surface area contributed by atoms with Crippen molar-refractivity contribution in [2.75, 3.05) is 0 Å². The first-order valence-electron chi connectivity index (χ1n) is 6.84. The summed E-state index contributed by atoms with van der Waals surface area (Å²) >= 11 is 0. The number of aliphatic hydroxyl groups is 2. The fraction of sp³-hybridized carbons (Fsp3) is 0.385. The maximum Gasteiger partial charge on any atom is 0.131 e. The van der Waals surface area contributed by atoms with E-state index in [1.165, 1.54) is 0 Å². The molecule has 1 aromatic carbocycles. The van der Waals surface area contributed by atoms with Crippen molar-refractivity contribution in [1.29, 1.82) is 0 Å². The lowest BCUT2D eigenvalue weighted by molar-refractivity contribution is 0.150. The van der Waals surface area contributed by atoms with Crippen LogP contribution >= 0.6 is 0 Å². The van der Waals surface area contributed by atoms with Crippen LogP contribution in [-0.2, 0) is 0 Å². The third-order valence-electron chi connectivity index (χ3n) is 2.88. The van der Waals surface area contributed by atoms with Gasteiger partial charge in [0.2, 0.25) is 0 Å².